The van der Waals surface area contributed by atoms with E-state index < -0.39 is 0 Å². The Morgan fingerprint density at radius 2 is 2.00 bits per heavy atom. The molecule has 3 fully saturated rings. The standard InChI is InChI=1S/C10H16O/c1-9(2)6-4-5-10(3)8(11-10)7(6)9/h6-8H,4-5H2,1-3H3/t6-,7-,8+,10+/m1/s1. The second-order valence-corrected chi connectivity index (χ2v) is 5.34. The van der Waals surface area contributed by atoms with Crippen molar-refractivity contribution in [1.29, 1.82) is 0 Å². The number of hydrogen-bond donors (Lipinski definition) is 0. The predicted octanol–water partition coefficient (Wildman–Crippen LogP) is 2.21. The van der Waals surface area contributed by atoms with Crippen molar-refractivity contribution >= 4 is 0 Å². The van der Waals surface area contributed by atoms with Gasteiger partial charge in [-0.25, -0.2) is 0 Å². The minimum Gasteiger partial charge on any atom is -0.366 e. The first kappa shape index (κ1) is 6.47. The zero-order valence-corrected chi connectivity index (χ0v) is 7.55. The summed E-state index contributed by atoms with van der Waals surface area (Å²) in [6.45, 7) is 7.08. The van der Waals surface area contributed by atoms with Crippen molar-refractivity contribution in [2.45, 2.75) is 45.3 Å². The fraction of sp³-hybridized carbons (Fsp3) is 1.00. The lowest BCUT2D eigenvalue weighted by atomic mass is 9.91. The first-order chi connectivity index (χ1) is 5.06. The summed E-state index contributed by atoms with van der Waals surface area (Å²) in [6, 6.07) is 0. The molecular weight excluding hydrogens is 136 g/mol. The Morgan fingerprint density at radius 3 is 2.64 bits per heavy atom. The predicted molar refractivity (Wildman–Crippen MR) is 43.3 cm³/mol. The van der Waals surface area contributed by atoms with E-state index in [4.69, 9.17) is 4.74 Å². The highest BCUT2D eigenvalue weighted by Gasteiger charge is 2.74. The van der Waals surface area contributed by atoms with Gasteiger partial charge in [0.25, 0.3) is 0 Å². The molecule has 11 heavy (non-hydrogen) atoms. The average Bonchev–Trinajstić information content (AvgIpc) is 2.69. The Labute approximate surface area is 68.1 Å². The molecule has 3 rings (SSSR count). The number of fused-ring (bicyclic) bond motifs is 3. The third-order valence-corrected chi connectivity index (χ3v) is 4.36. The summed E-state index contributed by atoms with van der Waals surface area (Å²) in [7, 11) is 0. The van der Waals surface area contributed by atoms with Gasteiger partial charge in [0.05, 0.1) is 11.7 Å². The van der Waals surface area contributed by atoms with Gasteiger partial charge in [-0.1, -0.05) is 13.8 Å². The summed E-state index contributed by atoms with van der Waals surface area (Å²) in [5.74, 6) is 1.89. The summed E-state index contributed by atoms with van der Waals surface area (Å²) in [5, 5.41) is 0. The smallest absolute Gasteiger partial charge is 0.0923 e. The first-order valence-electron chi connectivity index (χ1n) is 4.73. The summed E-state index contributed by atoms with van der Waals surface area (Å²) >= 11 is 0. The van der Waals surface area contributed by atoms with E-state index in [2.05, 4.69) is 20.8 Å². The summed E-state index contributed by atoms with van der Waals surface area (Å²) < 4.78 is 5.75. The summed E-state index contributed by atoms with van der Waals surface area (Å²) in [5.41, 5.74) is 0.924. The molecule has 0 N–H and O–H groups in total. The van der Waals surface area contributed by atoms with Crippen LogP contribution in [0.2, 0.25) is 0 Å². The van der Waals surface area contributed by atoms with Crippen LogP contribution in [-0.4, -0.2) is 11.7 Å². The molecule has 3 aliphatic rings. The lowest BCUT2D eigenvalue weighted by molar-refractivity contribution is 0.286. The van der Waals surface area contributed by atoms with Crippen LogP contribution in [0.1, 0.15) is 33.6 Å². The van der Waals surface area contributed by atoms with Crippen LogP contribution in [0, 0.1) is 17.3 Å². The molecule has 4 atom stereocenters. The normalized spacial score (nSPS) is 63.0. The zero-order valence-electron chi connectivity index (χ0n) is 7.55. The minimum absolute atomic E-state index is 0.314. The highest BCUT2D eigenvalue weighted by molar-refractivity contribution is 5.21. The molecule has 62 valence electrons. The number of rotatable bonds is 0. The molecule has 0 radical (unpaired) electrons. The van der Waals surface area contributed by atoms with E-state index in [-0.39, 0.29) is 0 Å². The van der Waals surface area contributed by atoms with Gasteiger partial charge in [-0.3, -0.25) is 0 Å². The topological polar surface area (TPSA) is 12.5 Å². The number of epoxide rings is 1. The lowest BCUT2D eigenvalue weighted by Crippen LogP contribution is -2.16. The molecule has 0 aromatic heterocycles. The SMILES string of the molecule is CC1(C)[C@@H]2[C@H]1CC[C@]1(C)O[C@@H]21. The lowest BCUT2D eigenvalue weighted by Gasteiger charge is -2.09. The molecular formula is C10H16O. The van der Waals surface area contributed by atoms with E-state index in [1.165, 1.54) is 12.8 Å². The third-order valence-electron chi connectivity index (χ3n) is 4.36. The van der Waals surface area contributed by atoms with Gasteiger partial charge >= 0.3 is 0 Å². The fourth-order valence-corrected chi connectivity index (χ4v) is 3.29. The second kappa shape index (κ2) is 1.39. The van der Waals surface area contributed by atoms with Gasteiger partial charge < -0.3 is 4.74 Å². The molecule has 1 heterocycles. The van der Waals surface area contributed by atoms with Crippen LogP contribution in [0.15, 0.2) is 0 Å². The molecule has 1 nitrogen and oxygen atoms in total. The van der Waals surface area contributed by atoms with Crippen molar-refractivity contribution in [3.63, 3.8) is 0 Å². The van der Waals surface area contributed by atoms with E-state index in [0.29, 0.717) is 17.1 Å². The maximum Gasteiger partial charge on any atom is 0.0923 e. The average molecular weight is 152 g/mol. The van der Waals surface area contributed by atoms with Gasteiger partial charge in [-0.15, -0.1) is 0 Å². The maximum atomic E-state index is 5.75. The number of hydrogen-bond acceptors (Lipinski definition) is 1. The van der Waals surface area contributed by atoms with Crippen LogP contribution in [0.4, 0.5) is 0 Å². The zero-order chi connectivity index (χ0) is 7.85. The van der Waals surface area contributed by atoms with Crippen molar-refractivity contribution in [3.8, 4) is 0 Å². The van der Waals surface area contributed by atoms with Crippen molar-refractivity contribution in [1.82, 2.24) is 0 Å². The van der Waals surface area contributed by atoms with Crippen LogP contribution in [-0.2, 0) is 4.74 Å². The van der Waals surface area contributed by atoms with Gasteiger partial charge in [0, 0.05) is 0 Å². The van der Waals surface area contributed by atoms with Crippen molar-refractivity contribution in [2.24, 2.45) is 17.3 Å². The second-order valence-electron chi connectivity index (χ2n) is 5.34. The van der Waals surface area contributed by atoms with Crippen LogP contribution in [0.5, 0.6) is 0 Å². The Morgan fingerprint density at radius 1 is 1.27 bits per heavy atom. The maximum absolute atomic E-state index is 5.75. The molecule has 0 unspecified atom stereocenters. The van der Waals surface area contributed by atoms with E-state index in [9.17, 15) is 0 Å². The van der Waals surface area contributed by atoms with Gasteiger partial charge in [0.2, 0.25) is 0 Å². The molecule has 1 saturated heterocycles. The molecule has 1 aliphatic heterocycles. The highest BCUT2D eigenvalue weighted by Crippen LogP contribution is 2.72. The first-order valence-corrected chi connectivity index (χ1v) is 4.73. The molecule has 0 bridgehead atoms. The van der Waals surface area contributed by atoms with Crippen LogP contribution in [0.25, 0.3) is 0 Å². The van der Waals surface area contributed by atoms with E-state index in [1.54, 1.807) is 0 Å². The molecule has 0 amide bonds. The third kappa shape index (κ3) is 0.581. The van der Waals surface area contributed by atoms with Crippen molar-refractivity contribution < 1.29 is 4.74 Å². The van der Waals surface area contributed by atoms with Crippen LogP contribution < -0.4 is 0 Å². The number of ether oxygens (including phenoxy) is 1. The van der Waals surface area contributed by atoms with Gasteiger partial charge in [-0.2, -0.15) is 0 Å². The van der Waals surface area contributed by atoms with Gasteiger partial charge in [-0.05, 0) is 37.0 Å². The van der Waals surface area contributed by atoms with Crippen molar-refractivity contribution in [3.05, 3.63) is 0 Å². The summed E-state index contributed by atoms with van der Waals surface area (Å²) in [6.07, 6.45) is 3.35. The van der Waals surface area contributed by atoms with Gasteiger partial charge in [0.1, 0.15) is 0 Å². The largest absolute Gasteiger partial charge is 0.366 e. The minimum atomic E-state index is 0.314. The highest BCUT2D eigenvalue weighted by atomic mass is 16.6. The molecule has 0 aromatic rings. The molecule has 2 saturated carbocycles. The molecule has 2 aliphatic carbocycles. The molecule has 0 spiro atoms. The fourth-order valence-electron chi connectivity index (χ4n) is 3.29. The quantitative estimate of drug-likeness (QED) is 0.485. The Balaban J connectivity index is 1.90. The van der Waals surface area contributed by atoms with E-state index in [0.717, 1.165) is 11.8 Å². The van der Waals surface area contributed by atoms with Gasteiger partial charge in [0.15, 0.2) is 0 Å². The Kier molecular flexibility index (Phi) is 0.820. The molecule has 0 aromatic carbocycles. The monoisotopic (exact) mass is 152 g/mol. The van der Waals surface area contributed by atoms with E-state index >= 15 is 0 Å². The van der Waals surface area contributed by atoms with E-state index in [1.807, 2.05) is 0 Å². The van der Waals surface area contributed by atoms with Crippen LogP contribution in [0.3, 0.4) is 0 Å². The summed E-state index contributed by atoms with van der Waals surface area (Å²) in [4.78, 5) is 0. The van der Waals surface area contributed by atoms with Crippen LogP contribution >= 0.6 is 0 Å². The molecule has 1 heteroatoms. The Hall–Kier alpha value is -0.0400. The Bertz CT molecular complexity index is 221. The van der Waals surface area contributed by atoms with Crippen molar-refractivity contribution in [2.75, 3.05) is 0 Å².